The van der Waals surface area contributed by atoms with Crippen LogP contribution in [0.5, 0.6) is 5.75 Å². The number of rotatable bonds is 5. The smallest absolute Gasteiger partial charge is 0.255 e. The van der Waals surface area contributed by atoms with E-state index in [1.54, 1.807) is 36.4 Å². The second-order valence-electron chi connectivity index (χ2n) is 4.88. The highest BCUT2D eigenvalue weighted by atomic mass is 35.5. The van der Waals surface area contributed by atoms with E-state index in [9.17, 15) is 4.79 Å². The molecule has 0 saturated heterocycles. The quantitative estimate of drug-likeness (QED) is 0.743. The van der Waals surface area contributed by atoms with Gasteiger partial charge in [-0.05, 0) is 42.8 Å². The number of carbonyl (C=O) groups is 1. The van der Waals surface area contributed by atoms with Gasteiger partial charge in [0.25, 0.3) is 5.91 Å². The molecule has 0 fully saturated rings. The van der Waals surface area contributed by atoms with Crippen LogP contribution in [0.2, 0.25) is 5.02 Å². The van der Waals surface area contributed by atoms with Gasteiger partial charge in [-0.1, -0.05) is 18.5 Å². The van der Waals surface area contributed by atoms with E-state index >= 15 is 0 Å². The Hall–Kier alpha value is -2.18. The van der Waals surface area contributed by atoms with Crippen LogP contribution in [0.25, 0.3) is 11.0 Å². The van der Waals surface area contributed by atoms with Gasteiger partial charge >= 0.3 is 0 Å². The van der Waals surface area contributed by atoms with E-state index in [0.717, 1.165) is 23.9 Å². The Morgan fingerprint density at radius 3 is 2.74 bits per heavy atom. The highest BCUT2D eigenvalue weighted by Gasteiger charge is 2.14. The Morgan fingerprint density at radius 1 is 1.22 bits per heavy atom. The maximum atomic E-state index is 12.4. The minimum absolute atomic E-state index is 0.255. The van der Waals surface area contributed by atoms with E-state index in [-0.39, 0.29) is 5.91 Å². The van der Waals surface area contributed by atoms with Crippen molar-refractivity contribution in [2.24, 2.45) is 0 Å². The summed E-state index contributed by atoms with van der Waals surface area (Å²) in [5.74, 6) is 0.488. The maximum Gasteiger partial charge on any atom is 0.255 e. The van der Waals surface area contributed by atoms with Crippen molar-refractivity contribution in [3.05, 3.63) is 47.0 Å². The molecule has 5 nitrogen and oxygen atoms in total. The Morgan fingerprint density at radius 2 is 2.00 bits per heavy atom. The lowest BCUT2D eigenvalue weighted by atomic mass is 10.2. The first kappa shape index (κ1) is 15.7. The average Bonchev–Trinajstić information content (AvgIpc) is 3.05. The minimum Gasteiger partial charge on any atom is -0.494 e. The summed E-state index contributed by atoms with van der Waals surface area (Å²) in [6, 6.07) is 10.5. The highest BCUT2D eigenvalue weighted by Crippen LogP contribution is 2.30. The molecular weight excluding hydrogens is 334 g/mol. The number of hydrogen-bond acceptors (Lipinski definition) is 5. The van der Waals surface area contributed by atoms with Crippen molar-refractivity contribution in [2.45, 2.75) is 13.3 Å². The number of ether oxygens (including phenoxy) is 1. The first-order chi connectivity index (χ1) is 11.2. The number of anilines is 1. The fraction of sp³-hybridized carbons (Fsp3) is 0.188. The molecule has 0 aliphatic carbocycles. The lowest BCUT2D eigenvalue weighted by molar-refractivity contribution is 0.102. The van der Waals surface area contributed by atoms with E-state index in [1.165, 1.54) is 0 Å². The SMILES string of the molecule is CCCOc1ccc(C(=O)Nc2c(Cl)ccc3nsnc23)cc1. The van der Waals surface area contributed by atoms with Gasteiger partial charge in [0.15, 0.2) is 0 Å². The molecule has 0 unspecified atom stereocenters. The van der Waals surface area contributed by atoms with E-state index < -0.39 is 0 Å². The lowest BCUT2D eigenvalue weighted by Crippen LogP contribution is -2.12. The normalized spacial score (nSPS) is 10.7. The molecule has 1 aromatic heterocycles. The zero-order valence-electron chi connectivity index (χ0n) is 12.4. The van der Waals surface area contributed by atoms with Crippen LogP contribution >= 0.6 is 23.3 Å². The number of benzene rings is 2. The molecule has 2 aromatic carbocycles. The molecule has 0 aliphatic rings. The molecule has 1 N–H and O–H groups in total. The fourth-order valence-electron chi connectivity index (χ4n) is 2.05. The van der Waals surface area contributed by atoms with Gasteiger partial charge in [-0.15, -0.1) is 0 Å². The highest BCUT2D eigenvalue weighted by molar-refractivity contribution is 7.00. The summed E-state index contributed by atoms with van der Waals surface area (Å²) >= 11 is 7.26. The van der Waals surface area contributed by atoms with Crippen LogP contribution in [0.15, 0.2) is 36.4 Å². The summed E-state index contributed by atoms with van der Waals surface area (Å²) in [6.07, 6.45) is 0.937. The van der Waals surface area contributed by atoms with Crippen LogP contribution in [0.4, 0.5) is 5.69 Å². The number of nitrogens with zero attached hydrogens (tertiary/aromatic N) is 2. The van der Waals surface area contributed by atoms with Gasteiger partial charge in [-0.3, -0.25) is 4.79 Å². The van der Waals surface area contributed by atoms with E-state index in [4.69, 9.17) is 16.3 Å². The van der Waals surface area contributed by atoms with Gasteiger partial charge in [0.1, 0.15) is 16.8 Å². The third kappa shape index (κ3) is 3.43. The van der Waals surface area contributed by atoms with Crippen molar-refractivity contribution >= 4 is 46.0 Å². The van der Waals surface area contributed by atoms with Crippen LogP contribution in [-0.4, -0.2) is 21.3 Å². The second kappa shape index (κ2) is 6.93. The standard InChI is InChI=1S/C16H14ClN3O2S/c1-2-9-22-11-5-3-10(4-6-11)16(21)18-14-12(17)7-8-13-15(14)20-23-19-13/h3-8H,2,9H2,1H3,(H,18,21). The zero-order valence-corrected chi connectivity index (χ0v) is 13.9. The predicted molar refractivity (Wildman–Crippen MR) is 92.6 cm³/mol. The first-order valence-corrected chi connectivity index (χ1v) is 8.25. The van der Waals surface area contributed by atoms with Gasteiger partial charge in [-0.25, -0.2) is 0 Å². The topological polar surface area (TPSA) is 64.1 Å². The molecule has 118 valence electrons. The van der Waals surface area contributed by atoms with Crippen molar-refractivity contribution in [1.82, 2.24) is 8.75 Å². The fourth-order valence-corrected chi connectivity index (χ4v) is 2.80. The van der Waals surface area contributed by atoms with Crippen LogP contribution in [-0.2, 0) is 0 Å². The molecule has 23 heavy (non-hydrogen) atoms. The number of fused-ring (bicyclic) bond motifs is 1. The third-order valence-corrected chi connectivity index (χ3v) is 4.06. The zero-order chi connectivity index (χ0) is 16.2. The summed E-state index contributed by atoms with van der Waals surface area (Å²) in [4.78, 5) is 12.4. The van der Waals surface area contributed by atoms with Gasteiger partial charge in [0, 0.05) is 5.56 Å². The van der Waals surface area contributed by atoms with Gasteiger partial charge in [0.2, 0.25) is 0 Å². The van der Waals surface area contributed by atoms with Crippen LogP contribution in [0.3, 0.4) is 0 Å². The number of nitrogens with one attached hydrogen (secondary N) is 1. The third-order valence-electron chi connectivity index (χ3n) is 3.20. The van der Waals surface area contributed by atoms with Crippen molar-refractivity contribution in [3.63, 3.8) is 0 Å². The maximum absolute atomic E-state index is 12.4. The molecule has 0 bridgehead atoms. The van der Waals surface area contributed by atoms with Crippen molar-refractivity contribution in [2.75, 3.05) is 11.9 Å². The summed E-state index contributed by atoms with van der Waals surface area (Å²) in [7, 11) is 0. The van der Waals surface area contributed by atoms with Crippen LogP contribution in [0, 0.1) is 0 Å². The van der Waals surface area contributed by atoms with Crippen molar-refractivity contribution in [1.29, 1.82) is 0 Å². The average molecular weight is 348 g/mol. The Kier molecular flexibility index (Phi) is 4.73. The molecule has 3 rings (SSSR count). The minimum atomic E-state index is -0.255. The number of hydrogen-bond donors (Lipinski definition) is 1. The van der Waals surface area contributed by atoms with Crippen LogP contribution < -0.4 is 10.1 Å². The number of carbonyl (C=O) groups excluding carboxylic acids is 1. The number of halogens is 1. The van der Waals surface area contributed by atoms with Gasteiger partial charge in [-0.2, -0.15) is 8.75 Å². The Bertz CT molecular complexity index is 833. The van der Waals surface area contributed by atoms with Crippen LogP contribution in [0.1, 0.15) is 23.7 Å². The van der Waals surface area contributed by atoms with E-state index in [1.807, 2.05) is 6.92 Å². The predicted octanol–water partition coefficient (Wildman–Crippen LogP) is 4.39. The Labute approximate surface area is 142 Å². The van der Waals surface area contributed by atoms with E-state index in [2.05, 4.69) is 14.1 Å². The monoisotopic (exact) mass is 347 g/mol. The number of amides is 1. The molecule has 1 heterocycles. The largest absolute Gasteiger partial charge is 0.494 e. The molecular formula is C16H14ClN3O2S. The molecule has 1 amide bonds. The Balaban J connectivity index is 1.80. The molecule has 0 radical (unpaired) electrons. The van der Waals surface area contributed by atoms with Crippen molar-refractivity contribution < 1.29 is 9.53 Å². The van der Waals surface area contributed by atoms with Crippen molar-refractivity contribution in [3.8, 4) is 5.75 Å². The van der Waals surface area contributed by atoms with Gasteiger partial charge in [0.05, 0.1) is 29.0 Å². The molecule has 0 aliphatic heterocycles. The summed E-state index contributed by atoms with van der Waals surface area (Å²) in [6.45, 7) is 2.69. The first-order valence-electron chi connectivity index (χ1n) is 7.14. The number of aromatic nitrogens is 2. The summed E-state index contributed by atoms with van der Waals surface area (Å²) in [5, 5.41) is 3.24. The summed E-state index contributed by atoms with van der Waals surface area (Å²) < 4.78 is 13.8. The van der Waals surface area contributed by atoms with Gasteiger partial charge < -0.3 is 10.1 Å². The molecule has 3 aromatic rings. The second-order valence-corrected chi connectivity index (χ2v) is 5.82. The summed E-state index contributed by atoms with van der Waals surface area (Å²) in [5.41, 5.74) is 2.30. The lowest BCUT2D eigenvalue weighted by Gasteiger charge is -2.09. The molecule has 0 saturated carbocycles. The molecule has 7 heteroatoms. The molecule has 0 atom stereocenters. The van der Waals surface area contributed by atoms with E-state index in [0.29, 0.717) is 33.9 Å². The molecule has 0 spiro atoms.